The van der Waals surface area contributed by atoms with E-state index < -0.39 is 0 Å². The van der Waals surface area contributed by atoms with E-state index in [1.54, 1.807) is 6.20 Å². The average molecular weight is 238 g/mol. The van der Waals surface area contributed by atoms with E-state index >= 15 is 0 Å². The molecule has 1 atom stereocenters. The normalized spacial score (nSPS) is 20.3. The van der Waals surface area contributed by atoms with Crippen molar-refractivity contribution < 1.29 is 0 Å². The molecule has 1 aliphatic heterocycles. The first-order chi connectivity index (χ1) is 7.79. The highest BCUT2D eigenvalue weighted by Crippen LogP contribution is 2.22. The molecule has 0 bridgehead atoms. The van der Waals surface area contributed by atoms with Crippen LogP contribution >= 0.6 is 11.8 Å². The van der Waals surface area contributed by atoms with E-state index in [1.807, 2.05) is 23.9 Å². The first-order valence-corrected chi connectivity index (χ1v) is 6.64. The number of nitrogens with zero attached hydrogens (tertiary/aromatic N) is 2. The van der Waals surface area contributed by atoms with Crippen LogP contribution in [-0.2, 0) is 6.54 Å². The van der Waals surface area contributed by atoms with Crippen molar-refractivity contribution in [1.82, 2.24) is 9.88 Å². The summed E-state index contributed by atoms with van der Waals surface area (Å²) in [5, 5.41) is 0. The molecule has 5 heteroatoms. The molecular weight excluding hydrogens is 220 g/mol. The Morgan fingerprint density at radius 3 is 3.25 bits per heavy atom. The molecule has 4 nitrogen and oxygen atoms in total. The molecular formula is C11H18N4S. The molecule has 0 radical (unpaired) electrons. The fraction of sp³-hybridized carbons (Fsp3) is 0.545. The van der Waals surface area contributed by atoms with E-state index in [0.717, 1.165) is 17.9 Å². The molecule has 1 aromatic rings. The number of hydrogen-bond donors (Lipinski definition) is 2. The van der Waals surface area contributed by atoms with E-state index in [4.69, 9.17) is 5.84 Å². The lowest BCUT2D eigenvalue weighted by atomic mass is 10.2. The average Bonchev–Trinajstić information content (AvgIpc) is 2.83. The molecule has 0 saturated carbocycles. The summed E-state index contributed by atoms with van der Waals surface area (Å²) in [6.45, 7) is 0.890. The molecule has 0 spiro atoms. The van der Waals surface area contributed by atoms with Crippen LogP contribution in [0.25, 0.3) is 0 Å². The van der Waals surface area contributed by atoms with E-state index in [0.29, 0.717) is 6.04 Å². The minimum Gasteiger partial charge on any atom is -0.324 e. The predicted molar refractivity (Wildman–Crippen MR) is 69.2 cm³/mol. The molecule has 1 unspecified atom stereocenters. The van der Waals surface area contributed by atoms with Gasteiger partial charge in [-0.3, -0.25) is 15.7 Å². The molecule has 2 heterocycles. The van der Waals surface area contributed by atoms with Crippen LogP contribution in [0.15, 0.2) is 18.3 Å². The Hall–Kier alpha value is -0.780. The largest absolute Gasteiger partial charge is 0.324 e. The fourth-order valence-corrected chi connectivity index (χ4v) is 3.21. The quantitative estimate of drug-likeness (QED) is 0.612. The molecule has 0 aromatic carbocycles. The molecule has 1 aliphatic rings. The molecule has 1 aromatic heterocycles. The Morgan fingerprint density at radius 2 is 2.56 bits per heavy atom. The highest BCUT2D eigenvalue weighted by atomic mass is 32.2. The van der Waals surface area contributed by atoms with Crippen LogP contribution in [0.1, 0.15) is 12.1 Å². The van der Waals surface area contributed by atoms with Crippen LogP contribution in [0.2, 0.25) is 0 Å². The van der Waals surface area contributed by atoms with Gasteiger partial charge in [-0.05, 0) is 31.4 Å². The number of hydrazine groups is 1. The third kappa shape index (κ3) is 2.87. The first-order valence-electron chi connectivity index (χ1n) is 5.49. The van der Waals surface area contributed by atoms with Gasteiger partial charge in [0.2, 0.25) is 0 Å². The van der Waals surface area contributed by atoms with Gasteiger partial charge in [0.05, 0.1) is 11.4 Å². The predicted octanol–water partition coefficient (Wildman–Crippen LogP) is 1.30. The molecule has 2 rings (SSSR count). The minimum atomic E-state index is 0.696. The number of nitrogens with one attached hydrogen (secondary N) is 1. The first kappa shape index (κ1) is 11.7. The fourth-order valence-electron chi connectivity index (χ4n) is 1.91. The third-order valence-corrected chi connectivity index (χ3v) is 4.07. The van der Waals surface area contributed by atoms with Crippen molar-refractivity contribution >= 4 is 17.4 Å². The number of nitrogen functional groups attached to an aromatic ring is 1. The van der Waals surface area contributed by atoms with Gasteiger partial charge in [0.25, 0.3) is 0 Å². The highest BCUT2D eigenvalue weighted by molar-refractivity contribution is 7.99. The maximum Gasteiger partial charge on any atom is 0.0564 e. The van der Waals surface area contributed by atoms with Gasteiger partial charge in [-0.25, -0.2) is 0 Å². The second-order valence-electron chi connectivity index (χ2n) is 4.11. The van der Waals surface area contributed by atoms with Gasteiger partial charge >= 0.3 is 0 Å². The lowest BCUT2D eigenvalue weighted by Gasteiger charge is -2.23. The zero-order chi connectivity index (χ0) is 11.4. The van der Waals surface area contributed by atoms with E-state index in [1.165, 1.54) is 17.9 Å². The van der Waals surface area contributed by atoms with Crippen LogP contribution in [-0.4, -0.2) is 34.5 Å². The summed E-state index contributed by atoms with van der Waals surface area (Å²) >= 11 is 2.03. The SMILES string of the molecule is CN(Cc1cc(NN)ccn1)C1CCSC1. The summed E-state index contributed by atoms with van der Waals surface area (Å²) in [5.41, 5.74) is 4.63. The van der Waals surface area contributed by atoms with Crippen molar-refractivity contribution in [2.24, 2.45) is 5.84 Å². The summed E-state index contributed by atoms with van der Waals surface area (Å²) in [7, 11) is 2.17. The summed E-state index contributed by atoms with van der Waals surface area (Å²) < 4.78 is 0. The molecule has 88 valence electrons. The topological polar surface area (TPSA) is 54.2 Å². The monoisotopic (exact) mass is 238 g/mol. The van der Waals surface area contributed by atoms with Gasteiger partial charge in [-0.1, -0.05) is 0 Å². The third-order valence-electron chi connectivity index (χ3n) is 2.92. The van der Waals surface area contributed by atoms with Crippen molar-refractivity contribution in [3.05, 3.63) is 24.0 Å². The van der Waals surface area contributed by atoms with Crippen LogP contribution in [0.5, 0.6) is 0 Å². The van der Waals surface area contributed by atoms with Crippen molar-refractivity contribution in [3.8, 4) is 0 Å². The standard InChI is InChI=1S/C11H18N4S/c1-15(11-3-5-16-8-11)7-10-6-9(14-12)2-4-13-10/h2,4,6,11H,3,5,7-8,12H2,1H3,(H,13,14). The second-order valence-corrected chi connectivity index (χ2v) is 5.26. The van der Waals surface area contributed by atoms with Crippen molar-refractivity contribution in [3.63, 3.8) is 0 Å². The summed E-state index contributed by atoms with van der Waals surface area (Å²) in [6, 6.07) is 4.56. The Kier molecular flexibility index (Phi) is 4.04. The molecule has 1 fully saturated rings. The summed E-state index contributed by atoms with van der Waals surface area (Å²) in [4.78, 5) is 6.73. The molecule has 0 amide bonds. The van der Waals surface area contributed by atoms with Gasteiger partial charge in [-0.15, -0.1) is 0 Å². The van der Waals surface area contributed by atoms with Gasteiger partial charge in [0.1, 0.15) is 0 Å². The van der Waals surface area contributed by atoms with Crippen LogP contribution < -0.4 is 11.3 Å². The Bertz CT molecular complexity index is 339. The van der Waals surface area contributed by atoms with E-state index in [9.17, 15) is 0 Å². The number of pyridine rings is 1. The van der Waals surface area contributed by atoms with E-state index in [2.05, 4.69) is 22.4 Å². The zero-order valence-corrected chi connectivity index (χ0v) is 10.3. The van der Waals surface area contributed by atoms with Crippen molar-refractivity contribution in [2.45, 2.75) is 19.0 Å². The maximum atomic E-state index is 5.38. The molecule has 0 aliphatic carbocycles. The smallest absolute Gasteiger partial charge is 0.0564 e. The number of hydrogen-bond acceptors (Lipinski definition) is 5. The van der Waals surface area contributed by atoms with Crippen molar-refractivity contribution in [1.29, 1.82) is 0 Å². The second kappa shape index (κ2) is 5.52. The number of anilines is 1. The number of aromatic nitrogens is 1. The minimum absolute atomic E-state index is 0.696. The zero-order valence-electron chi connectivity index (χ0n) is 9.52. The Morgan fingerprint density at radius 1 is 1.69 bits per heavy atom. The number of thioether (sulfide) groups is 1. The van der Waals surface area contributed by atoms with Crippen molar-refractivity contribution in [2.75, 3.05) is 24.0 Å². The lowest BCUT2D eigenvalue weighted by molar-refractivity contribution is 0.251. The summed E-state index contributed by atoms with van der Waals surface area (Å²) in [6.07, 6.45) is 3.08. The van der Waals surface area contributed by atoms with Gasteiger partial charge in [0.15, 0.2) is 0 Å². The molecule has 3 N–H and O–H groups in total. The number of nitrogens with two attached hydrogens (primary N) is 1. The molecule has 16 heavy (non-hydrogen) atoms. The van der Waals surface area contributed by atoms with Crippen LogP contribution in [0.4, 0.5) is 5.69 Å². The number of rotatable bonds is 4. The van der Waals surface area contributed by atoms with Crippen LogP contribution in [0.3, 0.4) is 0 Å². The van der Waals surface area contributed by atoms with Gasteiger partial charge < -0.3 is 5.43 Å². The highest BCUT2D eigenvalue weighted by Gasteiger charge is 2.20. The Balaban J connectivity index is 1.96. The van der Waals surface area contributed by atoms with Gasteiger partial charge in [-0.2, -0.15) is 11.8 Å². The van der Waals surface area contributed by atoms with E-state index in [-0.39, 0.29) is 0 Å². The Labute approximate surface area is 101 Å². The van der Waals surface area contributed by atoms with Crippen LogP contribution in [0, 0.1) is 0 Å². The van der Waals surface area contributed by atoms with Gasteiger partial charge in [0, 0.05) is 24.5 Å². The molecule has 1 saturated heterocycles. The summed E-state index contributed by atoms with van der Waals surface area (Å²) in [5.74, 6) is 7.90. The lowest BCUT2D eigenvalue weighted by Crippen LogP contribution is -2.31. The maximum absolute atomic E-state index is 5.38.